The number of hydrogen-bond acceptors (Lipinski definition) is 3. The Morgan fingerprint density at radius 3 is 2.76 bits per heavy atom. The molecule has 0 saturated carbocycles. The van der Waals surface area contributed by atoms with Gasteiger partial charge in [0.25, 0.3) is 0 Å². The lowest BCUT2D eigenvalue weighted by Crippen LogP contribution is -2.42. The average molecular weight is 357 g/mol. The molecule has 2 heterocycles. The quantitative estimate of drug-likeness (QED) is 0.766. The molecular weight excluding hydrogens is 336 g/mol. The van der Waals surface area contributed by atoms with Gasteiger partial charge in [-0.1, -0.05) is 23.7 Å². The van der Waals surface area contributed by atoms with Crippen molar-refractivity contribution in [1.82, 2.24) is 9.88 Å². The number of Topliss-reactive ketones (excluding diaryl/α,β-unsaturated/α-hetero) is 1. The third-order valence-electron chi connectivity index (χ3n) is 4.63. The first-order valence-corrected chi connectivity index (χ1v) is 8.98. The fourth-order valence-electron chi connectivity index (χ4n) is 3.25. The van der Waals surface area contributed by atoms with E-state index in [4.69, 9.17) is 11.6 Å². The summed E-state index contributed by atoms with van der Waals surface area (Å²) in [7, 11) is 0. The molecule has 0 radical (unpaired) electrons. The fourth-order valence-corrected chi connectivity index (χ4v) is 3.44. The molecule has 4 nitrogen and oxygen atoms in total. The summed E-state index contributed by atoms with van der Waals surface area (Å²) < 4.78 is 0. The van der Waals surface area contributed by atoms with Crippen LogP contribution in [0.15, 0.2) is 48.8 Å². The summed E-state index contributed by atoms with van der Waals surface area (Å²) in [5.74, 6) is 0.0478. The van der Waals surface area contributed by atoms with Crippen LogP contribution in [-0.2, 0) is 11.2 Å². The first-order chi connectivity index (χ1) is 12.1. The third kappa shape index (κ3) is 4.67. The van der Waals surface area contributed by atoms with Gasteiger partial charge in [-0.2, -0.15) is 0 Å². The molecule has 25 heavy (non-hydrogen) atoms. The number of aryl methyl sites for hydroxylation is 1. The van der Waals surface area contributed by atoms with Crippen LogP contribution in [0.25, 0.3) is 0 Å². The number of hydrogen-bond donors (Lipinski definition) is 0. The molecule has 1 aliphatic rings. The van der Waals surface area contributed by atoms with Crippen molar-refractivity contribution in [3.8, 4) is 0 Å². The number of amides is 1. The van der Waals surface area contributed by atoms with Gasteiger partial charge in [0.2, 0.25) is 5.91 Å². The zero-order chi connectivity index (χ0) is 17.6. The molecule has 1 unspecified atom stereocenters. The topological polar surface area (TPSA) is 50.3 Å². The molecular formula is C20H21ClN2O2. The summed E-state index contributed by atoms with van der Waals surface area (Å²) in [6, 6.07) is 10.9. The molecule has 1 amide bonds. The van der Waals surface area contributed by atoms with Crippen LogP contribution in [0, 0.1) is 5.92 Å². The molecule has 3 rings (SSSR count). The number of ketones is 1. The van der Waals surface area contributed by atoms with Crippen LogP contribution in [0.4, 0.5) is 0 Å². The Balaban J connectivity index is 1.58. The second-order valence-corrected chi connectivity index (χ2v) is 6.85. The van der Waals surface area contributed by atoms with Crippen molar-refractivity contribution in [2.45, 2.75) is 25.7 Å². The predicted molar refractivity (Wildman–Crippen MR) is 97.6 cm³/mol. The Morgan fingerprint density at radius 2 is 2.00 bits per heavy atom. The number of likely N-dealkylation sites (tertiary alicyclic amines) is 1. The van der Waals surface area contributed by atoms with E-state index in [0.717, 1.165) is 24.9 Å². The van der Waals surface area contributed by atoms with Gasteiger partial charge in [-0.05, 0) is 49.1 Å². The van der Waals surface area contributed by atoms with Gasteiger partial charge in [0.1, 0.15) is 0 Å². The maximum Gasteiger partial charge on any atom is 0.222 e. The van der Waals surface area contributed by atoms with Gasteiger partial charge >= 0.3 is 0 Å². The van der Waals surface area contributed by atoms with E-state index in [-0.39, 0.29) is 17.6 Å². The maximum absolute atomic E-state index is 12.7. The molecule has 0 bridgehead atoms. The normalized spacial score (nSPS) is 17.3. The number of halogens is 1. The predicted octanol–water partition coefficient (Wildman–Crippen LogP) is 3.79. The van der Waals surface area contributed by atoms with Crippen molar-refractivity contribution in [1.29, 1.82) is 0 Å². The minimum Gasteiger partial charge on any atom is -0.342 e. The number of piperidine rings is 1. The summed E-state index contributed by atoms with van der Waals surface area (Å²) in [6.45, 7) is 1.23. The molecule has 1 aromatic heterocycles. The molecule has 0 spiro atoms. The summed E-state index contributed by atoms with van der Waals surface area (Å²) >= 11 is 5.99. The van der Waals surface area contributed by atoms with E-state index >= 15 is 0 Å². The van der Waals surface area contributed by atoms with Crippen LogP contribution in [0.5, 0.6) is 0 Å². The van der Waals surface area contributed by atoms with Crippen LogP contribution >= 0.6 is 11.6 Å². The SMILES string of the molecule is O=C(c1cccc(Cl)c1)C1CCCN(C(=O)CCc2ccncc2)C1. The van der Waals surface area contributed by atoms with E-state index in [1.165, 1.54) is 0 Å². The number of nitrogens with zero attached hydrogens (tertiary/aromatic N) is 2. The monoisotopic (exact) mass is 356 g/mol. The van der Waals surface area contributed by atoms with Crippen LogP contribution in [0.2, 0.25) is 5.02 Å². The third-order valence-corrected chi connectivity index (χ3v) is 4.87. The molecule has 1 atom stereocenters. The maximum atomic E-state index is 12.7. The summed E-state index contributed by atoms with van der Waals surface area (Å²) in [6.07, 6.45) is 6.31. The molecule has 1 aromatic carbocycles. The highest BCUT2D eigenvalue weighted by molar-refractivity contribution is 6.31. The van der Waals surface area contributed by atoms with E-state index in [0.29, 0.717) is 30.0 Å². The molecule has 130 valence electrons. The van der Waals surface area contributed by atoms with Gasteiger partial charge in [0.15, 0.2) is 5.78 Å². The van der Waals surface area contributed by atoms with Crippen molar-refractivity contribution in [2.75, 3.05) is 13.1 Å². The van der Waals surface area contributed by atoms with Gasteiger partial charge in [-0.15, -0.1) is 0 Å². The zero-order valence-electron chi connectivity index (χ0n) is 14.0. The van der Waals surface area contributed by atoms with Crippen molar-refractivity contribution in [3.05, 3.63) is 64.9 Å². The van der Waals surface area contributed by atoms with Gasteiger partial charge < -0.3 is 4.90 Å². The Bertz CT molecular complexity index is 748. The number of benzene rings is 1. The van der Waals surface area contributed by atoms with Crippen molar-refractivity contribution in [3.63, 3.8) is 0 Å². The number of pyridine rings is 1. The van der Waals surface area contributed by atoms with Crippen LogP contribution in [0.3, 0.4) is 0 Å². The second kappa shape index (κ2) is 8.26. The van der Waals surface area contributed by atoms with Crippen molar-refractivity contribution < 1.29 is 9.59 Å². The van der Waals surface area contributed by atoms with Gasteiger partial charge in [0, 0.05) is 48.4 Å². The number of rotatable bonds is 5. The molecule has 2 aromatic rings. The summed E-state index contributed by atoms with van der Waals surface area (Å²) in [5, 5.41) is 0.562. The van der Waals surface area contributed by atoms with Gasteiger partial charge in [-0.3, -0.25) is 14.6 Å². The second-order valence-electron chi connectivity index (χ2n) is 6.41. The Morgan fingerprint density at radius 1 is 1.20 bits per heavy atom. The van der Waals surface area contributed by atoms with E-state index in [1.54, 1.807) is 36.7 Å². The first-order valence-electron chi connectivity index (χ1n) is 8.60. The lowest BCUT2D eigenvalue weighted by atomic mass is 9.90. The lowest BCUT2D eigenvalue weighted by Gasteiger charge is -2.32. The highest BCUT2D eigenvalue weighted by Crippen LogP contribution is 2.23. The Kier molecular flexibility index (Phi) is 5.82. The molecule has 0 N–H and O–H groups in total. The van der Waals surface area contributed by atoms with Gasteiger partial charge in [-0.25, -0.2) is 0 Å². The van der Waals surface area contributed by atoms with Crippen LogP contribution < -0.4 is 0 Å². The van der Waals surface area contributed by atoms with E-state index < -0.39 is 0 Å². The van der Waals surface area contributed by atoms with E-state index in [9.17, 15) is 9.59 Å². The fraction of sp³-hybridized carbons (Fsp3) is 0.350. The highest BCUT2D eigenvalue weighted by Gasteiger charge is 2.28. The molecule has 1 fully saturated rings. The Hall–Kier alpha value is -2.20. The Labute approximate surface area is 152 Å². The average Bonchev–Trinajstić information content (AvgIpc) is 2.66. The highest BCUT2D eigenvalue weighted by atomic mass is 35.5. The summed E-state index contributed by atoms with van der Waals surface area (Å²) in [5.41, 5.74) is 1.73. The zero-order valence-corrected chi connectivity index (χ0v) is 14.8. The van der Waals surface area contributed by atoms with Crippen LogP contribution in [0.1, 0.15) is 35.2 Å². The number of carbonyl (C=O) groups is 2. The molecule has 1 saturated heterocycles. The first kappa shape index (κ1) is 17.6. The van der Waals surface area contributed by atoms with Gasteiger partial charge in [0.05, 0.1) is 0 Å². The van der Waals surface area contributed by atoms with Crippen LogP contribution in [-0.4, -0.2) is 34.7 Å². The molecule has 0 aliphatic carbocycles. The molecule has 5 heteroatoms. The van der Waals surface area contributed by atoms with E-state index in [2.05, 4.69) is 4.98 Å². The summed E-state index contributed by atoms with van der Waals surface area (Å²) in [4.78, 5) is 31.0. The molecule has 1 aliphatic heterocycles. The van der Waals surface area contributed by atoms with Crippen molar-refractivity contribution in [2.24, 2.45) is 5.92 Å². The number of carbonyl (C=O) groups excluding carboxylic acids is 2. The largest absolute Gasteiger partial charge is 0.342 e. The smallest absolute Gasteiger partial charge is 0.222 e. The lowest BCUT2D eigenvalue weighted by molar-refractivity contribution is -0.132. The minimum absolute atomic E-state index is 0.0779. The standard InChI is InChI=1S/C20H21ClN2O2/c21-18-5-1-3-16(13-18)20(25)17-4-2-12-23(14-17)19(24)7-6-15-8-10-22-11-9-15/h1,3,5,8-11,13,17H,2,4,6-7,12,14H2. The minimum atomic E-state index is -0.142. The van der Waals surface area contributed by atoms with E-state index in [1.807, 2.05) is 17.0 Å². The van der Waals surface area contributed by atoms with Crippen molar-refractivity contribution >= 4 is 23.3 Å². The number of aromatic nitrogens is 1.